The van der Waals surface area contributed by atoms with Gasteiger partial charge in [-0.2, -0.15) is 0 Å². The van der Waals surface area contributed by atoms with Crippen molar-refractivity contribution in [1.29, 1.82) is 0 Å². The Morgan fingerprint density at radius 1 is 1.40 bits per heavy atom. The van der Waals surface area contributed by atoms with Gasteiger partial charge in [0.15, 0.2) is 0 Å². The summed E-state index contributed by atoms with van der Waals surface area (Å²) in [7, 11) is 0. The van der Waals surface area contributed by atoms with Crippen molar-refractivity contribution >= 4 is 27.7 Å². The standard InChI is InChI=1S/C15H15BrN2O2/c1-3-20-15(19)11-8-18-14(17)9(2)13(11)10-6-4-5-7-12(10)16/h4-8H,3H2,1-2H3,(H2,17,18). The monoisotopic (exact) mass is 334 g/mol. The lowest BCUT2D eigenvalue weighted by Gasteiger charge is -2.14. The SMILES string of the molecule is CCOC(=O)c1cnc(N)c(C)c1-c1ccccc1Br. The van der Waals surface area contributed by atoms with Crippen LogP contribution in [-0.4, -0.2) is 17.6 Å². The molecule has 0 saturated heterocycles. The molecule has 20 heavy (non-hydrogen) atoms. The van der Waals surface area contributed by atoms with Crippen LogP contribution in [0.4, 0.5) is 5.82 Å². The Balaban J connectivity index is 2.70. The molecule has 4 nitrogen and oxygen atoms in total. The summed E-state index contributed by atoms with van der Waals surface area (Å²) >= 11 is 3.50. The Bertz CT molecular complexity index is 656. The zero-order valence-corrected chi connectivity index (χ0v) is 12.9. The summed E-state index contributed by atoms with van der Waals surface area (Å²) < 4.78 is 5.98. The average molecular weight is 335 g/mol. The number of carbonyl (C=O) groups excluding carboxylic acids is 1. The maximum Gasteiger partial charge on any atom is 0.340 e. The molecule has 0 atom stereocenters. The molecule has 0 radical (unpaired) electrons. The van der Waals surface area contributed by atoms with Crippen molar-refractivity contribution in [2.45, 2.75) is 13.8 Å². The molecule has 0 aliphatic carbocycles. The van der Waals surface area contributed by atoms with Gasteiger partial charge in [0.2, 0.25) is 0 Å². The molecule has 0 amide bonds. The first-order valence-electron chi connectivity index (χ1n) is 6.23. The number of nitrogens with two attached hydrogens (primary N) is 1. The summed E-state index contributed by atoms with van der Waals surface area (Å²) in [6, 6.07) is 7.66. The number of rotatable bonds is 3. The van der Waals surface area contributed by atoms with E-state index in [0.717, 1.165) is 21.2 Å². The van der Waals surface area contributed by atoms with Crippen molar-refractivity contribution in [3.8, 4) is 11.1 Å². The Labute approximate surface area is 126 Å². The highest BCUT2D eigenvalue weighted by atomic mass is 79.9. The lowest BCUT2D eigenvalue weighted by atomic mass is 9.96. The van der Waals surface area contributed by atoms with E-state index in [0.29, 0.717) is 18.0 Å². The molecular weight excluding hydrogens is 320 g/mol. The molecule has 104 valence electrons. The largest absolute Gasteiger partial charge is 0.462 e. The number of halogens is 1. The number of aromatic nitrogens is 1. The van der Waals surface area contributed by atoms with Gasteiger partial charge in [-0.1, -0.05) is 34.1 Å². The lowest BCUT2D eigenvalue weighted by molar-refractivity contribution is 0.0527. The Morgan fingerprint density at radius 2 is 2.10 bits per heavy atom. The van der Waals surface area contributed by atoms with Crippen molar-refractivity contribution in [2.24, 2.45) is 0 Å². The molecule has 0 bridgehead atoms. The average Bonchev–Trinajstić information content (AvgIpc) is 2.43. The molecule has 1 heterocycles. The molecule has 5 heteroatoms. The number of carbonyl (C=O) groups is 1. The van der Waals surface area contributed by atoms with Gasteiger partial charge in [0.25, 0.3) is 0 Å². The predicted molar refractivity (Wildman–Crippen MR) is 82.5 cm³/mol. The Morgan fingerprint density at radius 3 is 2.75 bits per heavy atom. The van der Waals surface area contributed by atoms with Crippen LogP contribution in [0.15, 0.2) is 34.9 Å². The van der Waals surface area contributed by atoms with Crippen molar-refractivity contribution in [3.63, 3.8) is 0 Å². The van der Waals surface area contributed by atoms with Gasteiger partial charge in [-0.15, -0.1) is 0 Å². The first-order valence-corrected chi connectivity index (χ1v) is 7.02. The van der Waals surface area contributed by atoms with Crippen LogP contribution in [-0.2, 0) is 4.74 Å². The topological polar surface area (TPSA) is 65.2 Å². The fraction of sp³-hybridized carbons (Fsp3) is 0.200. The smallest absolute Gasteiger partial charge is 0.340 e. The van der Waals surface area contributed by atoms with Gasteiger partial charge < -0.3 is 10.5 Å². The number of pyridine rings is 1. The summed E-state index contributed by atoms with van der Waals surface area (Å²) in [4.78, 5) is 16.2. The Kier molecular flexibility index (Phi) is 4.39. The van der Waals surface area contributed by atoms with Crippen molar-refractivity contribution in [2.75, 3.05) is 12.3 Å². The molecule has 0 unspecified atom stereocenters. The molecule has 0 aliphatic rings. The van der Waals surface area contributed by atoms with Crippen LogP contribution >= 0.6 is 15.9 Å². The van der Waals surface area contributed by atoms with Crippen LogP contribution in [0.3, 0.4) is 0 Å². The van der Waals surface area contributed by atoms with Gasteiger partial charge in [0.1, 0.15) is 5.82 Å². The summed E-state index contributed by atoms with van der Waals surface area (Å²) in [5.74, 6) is 0.0117. The molecule has 0 saturated carbocycles. The zero-order valence-electron chi connectivity index (χ0n) is 11.3. The third-order valence-corrected chi connectivity index (χ3v) is 3.69. The molecule has 2 aromatic rings. The number of hydrogen-bond donors (Lipinski definition) is 1. The molecule has 2 rings (SSSR count). The quantitative estimate of drug-likeness (QED) is 0.871. The number of hydrogen-bond acceptors (Lipinski definition) is 4. The van der Waals surface area contributed by atoms with E-state index >= 15 is 0 Å². The number of benzene rings is 1. The number of ether oxygens (including phenoxy) is 1. The van der Waals surface area contributed by atoms with E-state index in [1.54, 1.807) is 6.92 Å². The molecule has 0 spiro atoms. The summed E-state index contributed by atoms with van der Waals surface area (Å²) in [5.41, 5.74) is 8.70. The van der Waals surface area contributed by atoms with Gasteiger partial charge in [0, 0.05) is 16.2 Å². The second-order valence-electron chi connectivity index (χ2n) is 4.26. The first kappa shape index (κ1) is 14.5. The second-order valence-corrected chi connectivity index (χ2v) is 5.11. The van der Waals surface area contributed by atoms with Crippen molar-refractivity contribution in [1.82, 2.24) is 4.98 Å². The van der Waals surface area contributed by atoms with Crippen LogP contribution in [0.2, 0.25) is 0 Å². The van der Waals surface area contributed by atoms with Gasteiger partial charge in [0.05, 0.1) is 12.2 Å². The summed E-state index contributed by atoms with van der Waals surface area (Å²) in [6.07, 6.45) is 1.47. The highest BCUT2D eigenvalue weighted by Gasteiger charge is 2.19. The van der Waals surface area contributed by atoms with E-state index < -0.39 is 5.97 Å². The highest BCUT2D eigenvalue weighted by molar-refractivity contribution is 9.10. The van der Waals surface area contributed by atoms with E-state index in [1.807, 2.05) is 31.2 Å². The molecule has 1 aromatic heterocycles. The van der Waals surface area contributed by atoms with Gasteiger partial charge in [-0.3, -0.25) is 0 Å². The predicted octanol–water partition coefficient (Wildman–Crippen LogP) is 3.58. The maximum atomic E-state index is 12.1. The molecule has 0 aliphatic heterocycles. The van der Waals surface area contributed by atoms with Gasteiger partial charge in [-0.25, -0.2) is 9.78 Å². The van der Waals surface area contributed by atoms with Crippen molar-refractivity contribution < 1.29 is 9.53 Å². The molecule has 2 N–H and O–H groups in total. The third kappa shape index (κ3) is 2.67. The molecule has 1 aromatic carbocycles. The van der Waals surface area contributed by atoms with E-state index in [4.69, 9.17) is 10.5 Å². The maximum absolute atomic E-state index is 12.1. The van der Waals surface area contributed by atoms with Crippen molar-refractivity contribution in [3.05, 3.63) is 46.1 Å². The fourth-order valence-corrected chi connectivity index (χ4v) is 2.48. The molecule has 0 fully saturated rings. The van der Waals surface area contributed by atoms with Crippen LogP contribution in [0.5, 0.6) is 0 Å². The lowest BCUT2D eigenvalue weighted by Crippen LogP contribution is -2.10. The number of anilines is 1. The first-order chi connectivity index (χ1) is 9.56. The van der Waals surface area contributed by atoms with Crippen LogP contribution in [0, 0.1) is 6.92 Å². The van der Waals surface area contributed by atoms with Gasteiger partial charge in [-0.05, 0) is 31.0 Å². The number of esters is 1. The third-order valence-electron chi connectivity index (χ3n) is 3.00. The summed E-state index contributed by atoms with van der Waals surface area (Å²) in [5, 5.41) is 0. The Hall–Kier alpha value is -1.88. The van der Waals surface area contributed by atoms with Crippen LogP contribution in [0.1, 0.15) is 22.8 Å². The van der Waals surface area contributed by atoms with Gasteiger partial charge >= 0.3 is 5.97 Å². The fourth-order valence-electron chi connectivity index (χ4n) is 2.00. The second kappa shape index (κ2) is 6.05. The normalized spacial score (nSPS) is 10.3. The summed E-state index contributed by atoms with van der Waals surface area (Å²) in [6.45, 7) is 3.94. The zero-order chi connectivity index (χ0) is 14.7. The minimum absolute atomic E-state index is 0.317. The number of nitrogen functional groups attached to an aromatic ring is 1. The van der Waals surface area contributed by atoms with E-state index in [9.17, 15) is 4.79 Å². The van der Waals surface area contributed by atoms with Crippen LogP contribution in [0.25, 0.3) is 11.1 Å². The highest BCUT2D eigenvalue weighted by Crippen LogP contribution is 2.35. The van der Waals surface area contributed by atoms with E-state index in [1.165, 1.54) is 6.20 Å². The molecular formula is C15H15BrN2O2. The minimum Gasteiger partial charge on any atom is -0.462 e. The van der Waals surface area contributed by atoms with E-state index in [-0.39, 0.29) is 0 Å². The van der Waals surface area contributed by atoms with E-state index in [2.05, 4.69) is 20.9 Å². The number of nitrogens with zero attached hydrogens (tertiary/aromatic N) is 1. The van der Waals surface area contributed by atoms with Crippen LogP contribution < -0.4 is 5.73 Å². The minimum atomic E-state index is -0.395.